The number of carbonyl (C=O) groups is 3. The number of rotatable bonds is 14. The van der Waals surface area contributed by atoms with Crippen molar-refractivity contribution in [3.8, 4) is 16.5 Å². The third-order valence-electron chi connectivity index (χ3n) is 11.0. The second-order valence-electron chi connectivity index (χ2n) is 15.0. The Kier molecular flexibility index (Phi) is 12.9. The highest BCUT2D eigenvalue weighted by molar-refractivity contribution is 7.91. The molecule has 3 aliphatic rings. The Labute approximate surface area is 336 Å². The van der Waals surface area contributed by atoms with Gasteiger partial charge in [0.05, 0.1) is 24.7 Å². The van der Waals surface area contributed by atoms with E-state index in [-0.39, 0.29) is 41.7 Å². The maximum atomic E-state index is 14.2. The molecule has 1 aliphatic heterocycles. The molecule has 0 spiro atoms. The number of hydrogen-bond acceptors (Lipinski definition) is 9. The number of hydrogen-bond donors (Lipinski definition) is 2. The molecule has 18 heteroatoms. The molecule has 6 rings (SSSR count). The summed E-state index contributed by atoms with van der Waals surface area (Å²) >= 11 is 0.801. The minimum atomic E-state index is -4.64. The van der Waals surface area contributed by atoms with Gasteiger partial charge >= 0.3 is 12.2 Å². The third-order valence-corrected chi connectivity index (χ3v) is 14.0. The summed E-state index contributed by atoms with van der Waals surface area (Å²) in [6.45, 7) is 14.6. The number of carbonyl (C=O) groups excluding carboxylic acids is 3. The monoisotopic (exact) mass is 828 g/mol. The zero-order valence-electron chi connectivity index (χ0n) is 32.7. The predicted octanol–water partition coefficient (Wildman–Crippen LogP) is 6.49. The fourth-order valence-corrected chi connectivity index (χ4v) is 8.93. The van der Waals surface area contributed by atoms with Crippen molar-refractivity contribution in [2.75, 3.05) is 20.1 Å². The average Bonchev–Trinajstić information content (AvgIpc) is 3.95. The minimum absolute atomic E-state index is 0.0426. The van der Waals surface area contributed by atoms with E-state index >= 15 is 0 Å². The first kappa shape index (κ1) is 43.7. The van der Waals surface area contributed by atoms with Crippen LogP contribution in [0.5, 0.6) is 5.75 Å². The number of benzene rings is 1. The number of pyridine rings is 1. The van der Waals surface area contributed by atoms with E-state index in [1.54, 1.807) is 26.1 Å². The van der Waals surface area contributed by atoms with Crippen LogP contribution < -0.4 is 14.8 Å². The van der Waals surface area contributed by atoms with Gasteiger partial charge in [-0.3, -0.25) is 14.3 Å². The number of nitrogens with zero attached hydrogens (tertiary/aromatic N) is 4. The maximum Gasteiger partial charge on any atom is 0.434 e. The lowest BCUT2D eigenvalue weighted by Crippen LogP contribution is -2.58. The van der Waals surface area contributed by atoms with Crippen molar-refractivity contribution in [2.45, 2.75) is 101 Å². The van der Waals surface area contributed by atoms with Gasteiger partial charge in [-0.15, -0.1) is 24.5 Å². The molecule has 3 aromatic rings. The van der Waals surface area contributed by atoms with Gasteiger partial charge in [-0.2, -0.15) is 13.2 Å². The van der Waals surface area contributed by atoms with Gasteiger partial charge in [0.1, 0.15) is 34.1 Å². The second-order valence-corrected chi connectivity index (χ2v) is 18.0. The van der Waals surface area contributed by atoms with Crippen LogP contribution in [0.3, 0.4) is 0 Å². The van der Waals surface area contributed by atoms with E-state index < -0.39 is 62.2 Å². The SMILES string of the molecule is C=CCCCCN(C)C(=O)[C@@H]1C[C@H](Oc2cc(-c3nc(C(F)(F)F)cs3)nc3c(C)c(C)ccc23)CN1C(=O)N[C@]1(C(=O)NS(=O)(=O)C2(C)CC2)C[C@H]1C=C.[B]C. The van der Waals surface area contributed by atoms with Crippen LogP contribution in [-0.4, -0.2) is 96.4 Å². The fourth-order valence-electron chi connectivity index (χ4n) is 6.83. The molecule has 4 amide bonds. The molecular formula is C39H48BF3N6O6S2. The number of sulfonamides is 1. The average molecular weight is 829 g/mol. The number of alkyl halides is 3. The topological polar surface area (TPSA) is 151 Å². The first-order chi connectivity index (χ1) is 26.8. The predicted molar refractivity (Wildman–Crippen MR) is 214 cm³/mol. The van der Waals surface area contributed by atoms with Gasteiger partial charge in [0.15, 0.2) is 5.69 Å². The summed E-state index contributed by atoms with van der Waals surface area (Å²) in [4.78, 5) is 53.1. The number of likely N-dealkylation sites (N-methyl/N-ethyl adjacent to an activating group) is 1. The number of nitrogens with one attached hydrogen (secondary N) is 2. The number of urea groups is 1. The molecule has 2 aliphatic carbocycles. The standard InChI is InChI=1S/C38H45F3N6O6S2.CH3B/c1-7-9-10-11-16-46(6)33(48)28-17-25(20-47(28)35(50)44-37(19-24(37)8-2)34(49)45-55(51,52)36(5)14-15-36)53-29-18-27(32-43-30(21-54-32)38(39,40)41)42-31-23(4)22(3)12-13-26(29)31;1-2/h7-8,12-13,18,21,24-25,28H,1-2,9-11,14-17,19-20H2,3-6H3,(H,44,50)(H,45,49);1H3/t24-,25+,28+,37-;/m1./s1. The number of allylic oxidation sites excluding steroid dienone is 1. The van der Waals surface area contributed by atoms with Gasteiger partial charge in [0.2, 0.25) is 15.9 Å². The van der Waals surface area contributed by atoms with Crippen molar-refractivity contribution in [1.29, 1.82) is 0 Å². The van der Waals surface area contributed by atoms with Crippen LogP contribution in [0, 0.1) is 19.8 Å². The Bertz CT molecular complexity index is 2160. The van der Waals surface area contributed by atoms with E-state index in [4.69, 9.17) is 4.74 Å². The van der Waals surface area contributed by atoms with Gasteiger partial charge in [-0.25, -0.2) is 23.2 Å². The van der Waals surface area contributed by atoms with Crippen molar-refractivity contribution in [3.63, 3.8) is 0 Å². The molecule has 12 nitrogen and oxygen atoms in total. The molecule has 2 N–H and O–H groups in total. The molecule has 2 saturated carbocycles. The molecule has 0 bridgehead atoms. The Morgan fingerprint density at radius 3 is 2.46 bits per heavy atom. The molecule has 306 valence electrons. The van der Waals surface area contributed by atoms with E-state index in [0.717, 1.165) is 40.7 Å². The Morgan fingerprint density at radius 1 is 1.16 bits per heavy atom. The van der Waals surface area contributed by atoms with Crippen LogP contribution in [-0.2, 0) is 25.8 Å². The molecule has 4 atom stereocenters. The van der Waals surface area contributed by atoms with Crippen LogP contribution in [0.4, 0.5) is 18.0 Å². The number of thiazole rings is 1. The minimum Gasteiger partial charge on any atom is -0.488 e. The number of amides is 4. The highest BCUT2D eigenvalue weighted by atomic mass is 32.2. The Morgan fingerprint density at radius 2 is 1.86 bits per heavy atom. The molecule has 2 radical (unpaired) electrons. The van der Waals surface area contributed by atoms with E-state index in [0.29, 0.717) is 36.7 Å². The van der Waals surface area contributed by atoms with Crippen LogP contribution >= 0.6 is 11.3 Å². The molecule has 1 aromatic carbocycles. The number of aromatic nitrogens is 2. The molecular weight excluding hydrogens is 780 g/mol. The van der Waals surface area contributed by atoms with Gasteiger partial charge in [0.25, 0.3) is 5.91 Å². The highest BCUT2D eigenvalue weighted by Crippen LogP contribution is 2.47. The van der Waals surface area contributed by atoms with Crippen molar-refractivity contribution in [2.24, 2.45) is 5.92 Å². The van der Waals surface area contributed by atoms with E-state index in [2.05, 4.69) is 41.0 Å². The molecule has 3 fully saturated rings. The summed E-state index contributed by atoms with van der Waals surface area (Å²) in [7, 11) is 2.13. The van der Waals surface area contributed by atoms with Crippen molar-refractivity contribution < 1.29 is 40.7 Å². The normalized spacial score (nSPS) is 22.2. The number of unbranched alkanes of at least 4 members (excludes halogenated alkanes) is 2. The highest BCUT2D eigenvalue weighted by Gasteiger charge is 2.63. The van der Waals surface area contributed by atoms with Crippen LogP contribution in [0.15, 0.2) is 48.9 Å². The molecule has 1 saturated heterocycles. The molecule has 2 aromatic heterocycles. The zero-order chi connectivity index (χ0) is 42.1. The Balaban J connectivity index is 0.00000305. The smallest absolute Gasteiger partial charge is 0.434 e. The summed E-state index contributed by atoms with van der Waals surface area (Å²) < 4.78 is 74.1. The zero-order valence-corrected chi connectivity index (χ0v) is 34.4. The van der Waals surface area contributed by atoms with Gasteiger partial charge in [-0.1, -0.05) is 25.0 Å². The molecule has 57 heavy (non-hydrogen) atoms. The second kappa shape index (κ2) is 16.8. The van der Waals surface area contributed by atoms with Gasteiger partial charge in [-0.05, 0) is 76.5 Å². The fraction of sp³-hybridized carbons (Fsp3) is 0.513. The number of likely N-dealkylation sites (tertiary alicyclic amines) is 1. The first-order valence-electron chi connectivity index (χ1n) is 18.7. The number of aryl methyl sites for hydroxylation is 2. The van der Waals surface area contributed by atoms with Crippen LogP contribution in [0.25, 0.3) is 21.6 Å². The summed E-state index contributed by atoms with van der Waals surface area (Å²) in [6.07, 6.45) is 1.14. The molecule has 0 unspecified atom stereocenters. The lowest BCUT2D eigenvalue weighted by molar-refractivity contribution is -0.140. The van der Waals surface area contributed by atoms with Crippen molar-refractivity contribution >= 4 is 58.0 Å². The van der Waals surface area contributed by atoms with E-state index in [1.807, 2.05) is 19.9 Å². The summed E-state index contributed by atoms with van der Waals surface area (Å²) in [5.41, 5.74) is -0.261. The summed E-state index contributed by atoms with van der Waals surface area (Å²) in [5, 5.41) is 4.30. The summed E-state index contributed by atoms with van der Waals surface area (Å²) in [6, 6.07) is 3.41. The third kappa shape index (κ3) is 9.01. The number of ether oxygens (including phenoxy) is 1. The summed E-state index contributed by atoms with van der Waals surface area (Å²) in [5.74, 6) is -1.49. The van der Waals surface area contributed by atoms with Crippen LogP contribution in [0.1, 0.15) is 68.7 Å². The lowest BCUT2D eigenvalue weighted by atomic mass is 10.0. The van der Waals surface area contributed by atoms with Crippen molar-refractivity contribution in [1.82, 2.24) is 29.8 Å². The van der Waals surface area contributed by atoms with Gasteiger partial charge < -0.3 is 19.9 Å². The van der Waals surface area contributed by atoms with Crippen LogP contribution in [0.2, 0.25) is 6.82 Å². The van der Waals surface area contributed by atoms with Crippen molar-refractivity contribution in [3.05, 3.63) is 65.7 Å². The molecule has 3 heterocycles. The van der Waals surface area contributed by atoms with Gasteiger partial charge in [0, 0.05) is 42.8 Å². The van der Waals surface area contributed by atoms with E-state index in [9.17, 15) is 36.0 Å². The largest absolute Gasteiger partial charge is 0.488 e. The van der Waals surface area contributed by atoms with E-state index in [1.165, 1.54) is 28.8 Å². The number of fused-ring (bicyclic) bond motifs is 1. The Hall–Kier alpha value is -4.45. The number of halogens is 3. The first-order valence-corrected chi connectivity index (χ1v) is 21.0. The quantitative estimate of drug-likeness (QED) is 0.107. The lowest BCUT2D eigenvalue weighted by Gasteiger charge is -2.29. The maximum absolute atomic E-state index is 14.2.